The fraction of sp³-hybridized carbons (Fsp3) is 0.533. The molecule has 0 heterocycles. The van der Waals surface area contributed by atoms with Crippen LogP contribution in [0.15, 0.2) is 48.5 Å². The number of nitrogens with zero attached hydrogens (tertiary/aromatic N) is 1. The summed E-state index contributed by atoms with van der Waals surface area (Å²) in [6.45, 7) is 13.7. The zero-order valence-corrected chi connectivity index (χ0v) is 24.6. The number of esters is 1. The molecular formula is C30H45BrN2O4. The number of benzene rings is 2. The highest BCUT2D eigenvalue weighted by Gasteiger charge is 2.22. The molecule has 0 saturated carbocycles. The van der Waals surface area contributed by atoms with Crippen molar-refractivity contribution in [3.8, 4) is 5.75 Å². The summed E-state index contributed by atoms with van der Waals surface area (Å²) in [6.07, 6.45) is 6.88. The molecule has 1 amide bonds. The van der Waals surface area contributed by atoms with Gasteiger partial charge < -0.3 is 36.3 Å². The summed E-state index contributed by atoms with van der Waals surface area (Å²) in [6, 6.07) is 14.1. The second-order valence-corrected chi connectivity index (χ2v) is 9.35. The van der Waals surface area contributed by atoms with E-state index in [4.69, 9.17) is 9.47 Å². The number of carbonyl (C=O) groups excluding carboxylic acids is 2. The Labute approximate surface area is 234 Å². The lowest BCUT2D eigenvalue weighted by Crippen LogP contribution is -3.00. The summed E-state index contributed by atoms with van der Waals surface area (Å²) in [5.41, 5.74) is 1.58. The van der Waals surface area contributed by atoms with Crippen LogP contribution < -0.4 is 27.0 Å². The number of anilines is 1. The normalized spacial score (nSPS) is 10.9. The van der Waals surface area contributed by atoms with Crippen LogP contribution in [0.2, 0.25) is 0 Å². The van der Waals surface area contributed by atoms with Crippen molar-refractivity contribution in [3.05, 3.63) is 59.7 Å². The first-order chi connectivity index (χ1) is 17.5. The molecule has 6 nitrogen and oxygen atoms in total. The lowest BCUT2D eigenvalue weighted by molar-refractivity contribution is -0.925. The van der Waals surface area contributed by atoms with Crippen molar-refractivity contribution in [3.63, 3.8) is 0 Å². The van der Waals surface area contributed by atoms with Gasteiger partial charge in [0.25, 0.3) is 5.91 Å². The van der Waals surface area contributed by atoms with Gasteiger partial charge in [0.05, 0.1) is 37.4 Å². The third-order valence-electron chi connectivity index (χ3n) is 6.85. The number of carbonyl (C=O) groups is 2. The summed E-state index contributed by atoms with van der Waals surface area (Å²) < 4.78 is 12.4. The number of para-hydroxylation sites is 1. The number of rotatable bonds is 17. The Bertz CT molecular complexity index is 929. The van der Waals surface area contributed by atoms with E-state index in [2.05, 4.69) is 33.0 Å². The lowest BCUT2D eigenvalue weighted by atomic mass is 10.1. The van der Waals surface area contributed by atoms with E-state index in [-0.39, 0.29) is 28.9 Å². The molecule has 0 saturated heterocycles. The van der Waals surface area contributed by atoms with Crippen LogP contribution in [0.4, 0.5) is 5.69 Å². The highest BCUT2D eigenvalue weighted by Crippen LogP contribution is 2.21. The molecule has 1 N–H and O–H groups in total. The fourth-order valence-electron chi connectivity index (χ4n) is 4.41. The summed E-state index contributed by atoms with van der Waals surface area (Å²) in [7, 11) is 0. The molecule has 0 unspecified atom stereocenters. The third-order valence-corrected chi connectivity index (χ3v) is 6.85. The Morgan fingerprint density at radius 2 is 1.46 bits per heavy atom. The van der Waals surface area contributed by atoms with Crippen molar-refractivity contribution in [1.29, 1.82) is 0 Å². The van der Waals surface area contributed by atoms with Gasteiger partial charge in [-0.2, -0.15) is 0 Å². The second-order valence-electron chi connectivity index (χ2n) is 9.35. The maximum atomic E-state index is 12.9. The third kappa shape index (κ3) is 10.9. The molecule has 0 aliphatic heterocycles. The van der Waals surface area contributed by atoms with E-state index in [1.54, 1.807) is 30.3 Å². The molecule has 0 atom stereocenters. The fourth-order valence-corrected chi connectivity index (χ4v) is 4.41. The van der Waals surface area contributed by atoms with Gasteiger partial charge in [-0.25, -0.2) is 4.79 Å². The zero-order valence-electron chi connectivity index (χ0n) is 23.1. The van der Waals surface area contributed by atoms with Crippen LogP contribution in [0.25, 0.3) is 0 Å². The van der Waals surface area contributed by atoms with Crippen LogP contribution in [-0.4, -0.2) is 55.8 Å². The highest BCUT2D eigenvalue weighted by atomic mass is 79.9. The van der Waals surface area contributed by atoms with E-state index in [1.165, 1.54) is 19.3 Å². The molecule has 2 rings (SSSR count). The van der Waals surface area contributed by atoms with E-state index >= 15 is 0 Å². The van der Waals surface area contributed by atoms with Gasteiger partial charge in [0, 0.05) is 5.69 Å². The molecule has 0 spiro atoms. The van der Waals surface area contributed by atoms with E-state index in [0.717, 1.165) is 49.9 Å². The van der Waals surface area contributed by atoms with Crippen LogP contribution in [-0.2, 0) is 4.74 Å². The topological polar surface area (TPSA) is 64.6 Å². The van der Waals surface area contributed by atoms with Crippen molar-refractivity contribution in [2.45, 2.75) is 66.2 Å². The number of unbranched alkanes of at least 4 members (excludes halogenated alkanes) is 4. The van der Waals surface area contributed by atoms with Crippen molar-refractivity contribution in [2.75, 3.05) is 44.7 Å². The standard InChI is InChI=1S/C30H44N2O4.BrH/c1-5-9-10-11-14-23-35-28-16-13-12-15-27(28)29(33)31-26-19-17-25(18-20-26)30(34)36-24-22-32(7-3,8-4)21-6-2;/h12-13,15-20H,5-11,14,21-24H2,1-4H3;1H. The Hall–Kier alpha value is -2.38. The second kappa shape index (κ2) is 18.0. The van der Waals surface area contributed by atoms with Gasteiger partial charge in [-0.05, 0) is 63.1 Å². The molecule has 0 radical (unpaired) electrons. The molecule has 0 bridgehead atoms. The average Bonchev–Trinajstić information content (AvgIpc) is 2.90. The zero-order chi connectivity index (χ0) is 26.2. The molecule has 0 fully saturated rings. The maximum Gasteiger partial charge on any atom is 0.338 e. The molecular weight excluding hydrogens is 532 g/mol. The largest absolute Gasteiger partial charge is 1.00 e. The van der Waals surface area contributed by atoms with Crippen LogP contribution in [0, 0.1) is 0 Å². The Balaban J connectivity index is 0.00000684. The molecule has 0 aromatic heterocycles. The number of amides is 1. The van der Waals surface area contributed by atoms with Gasteiger partial charge in [0.15, 0.2) is 0 Å². The Morgan fingerprint density at radius 1 is 0.784 bits per heavy atom. The molecule has 0 aliphatic carbocycles. The number of ether oxygens (including phenoxy) is 2. The number of likely N-dealkylation sites (N-methyl/N-ethyl adjacent to an activating group) is 1. The van der Waals surface area contributed by atoms with Gasteiger partial charge >= 0.3 is 5.97 Å². The number of halogens is 1. The monoisotopic (exact) mass is 576 g/mol. The first kappa shape index (κ1) is 32.6. The first-order valence-electron chi connectivity index (χ1n) is 13.6. The van der Waals surface area contributed by atoms with Crippen LogP contribution >= 0.6 is 0 Å². The summed E-state index contributed by atoms with van der Waals surface area (Å²) in [5.74, 6) is 0.00540. The van der Waals surface area contributed by atoms with Crippen LogP contribution in [0.5, 0.6) is 5.75 Å². The molecule has 0 aliphatic rings. The van der Waals surface area contributed by atoms with Gasteiger partial charge in [0.2, 0.25) is 0 Å². The van der Waals surface area contributed by atoms with E-state index in [9.17, 15) is 9.59 Å². The maximum absolute atomic E-state index is 12.9. The van der Waals surface area contributed by atoms with Crippen molar-refractivity contribution >= 4 is 17.6 Å². The molecule has 37 heavy (non-hydrogen) atoms. The predicted octanol–water partition coefficient (Wildman–Crippen LogP) is 3.72. The van der Waals surface area contributed by atoms with Crippen LogP contribution in [0.1, 0.15) is 86.9 Å². The molecule has 206 valence electrons. The number of nitrogens with one attached hydrogen (secondary N) is 1. The minimum atomic E-state index is -0.340. The first-order valence-corrected chi connectivity index (χ1v) is 13.6. The van der Waals surface area contributed by atoms with E-state index < -0.39 is 0 Å². The Morgan fingerprint density at radius 3 is 2.11 bits per heavy atom. The number of hydrogen-bond acceptors (Lipinski definition) is 4. The number of hydrogen-bond donors (Lipinski definition) is 1. The van der Waals surface area contributed by atoms with Gasteiger partial charge in [0.1, 0.15) is 18.9 Å². The van der Waals surface area contributed by atoms with Gasteiger partial charge in [-0.15, -0.1) is 0 Å². The summed E-state index contributed by atoms with van der Waals surface area (Å²) in [4.78, 5) is 25.4. The quantitative estimate of drug-likeness (QED) is 0.177. The van der Waals surface area contributed by atoms with Crippen LogP contribution in [0.3, 0.4) is 0 Å². The lowest BCUT2D eigenvalue weighted by Gasteiger charge is -2.36. The number of quaternary nitrogens is 1. The molecule has 2 aromatic carbocycles. The Kier molecular flexibility index (Phi) is 15.9. The predicted molar refractivity (Wildman–Crippen MR) is 147 cm³/mol. The van der Waals surface area contributed by atoms with Crippen molar-refractivity contribution < 1.29 is 40.5 Å². The van der Waals surface area contributed by atoms with E-state index in [1.807, 2.05) is 18.2 Å². The molecule has 7 heteroatoms. The SMILES string of the molecule is CCCCCCCOc1ccccc1C(=O)Nc1ccc(C(=O)OCC[N+](CC)(CC)CCC)cc1.[Br-]. The minimum Gasteiger partial charge on any atom is -1.00 e. The smallest absolute Gasteiger partial charge is 0.338 e. The van der Waals surface area contributed by atoms with E-state index in [0.29, 0.717) is 35.8 Å². The average molecular weight is 578 g/mol. The molecule has 2 aromatic rings. The highest BCUT2D eigenvalue weighted by molar-refractivity contribution is 6.06. The summed E-state index contributed by atoms with van der Waals surface area (Å²) in [5, 5.41) is 2.90. The summed E-state index contributed by atoms with van der Waals surface area (Å²) >= 11 is 0. The minimum absolute atomic E-state index is 0. The van der Waals surface area contributed by atoms with Crippen molar-refractivity contribution in [1.82, 2.24) is 0 Å². The van der Waals surface area contributed by atoms with Gasteiger partial charge in [-0.3, -0.25) is 4.79 Å². The van der Waals surface area contributed by atoms with Crippen molar-refractivity contribution in [2.24, 2.45) is 0 Å². The van der Waals surface area contributed by atoms with Gasteiger partial charge in [-0.1, -0.05) is 51.7 Å².